The van der Waals surface area contributed by atoms with Crippen LogP contribution in [0, 0.1) is 5.92 Å². The summed E-state index contributed by atoms with van der Waals surface area (Å²) in [5.41, 5.74) is 0.889. The van der Waals surface area contributed by atoms with E-state index in [1.54, 1.807) is 13.8 Å². The van der Waals surface area contributed by atoms with Crippen molar-refractivity contribution in [3.63, 3.8) is 0 Å². The van der Waals surface area contributed by atoms with Crippen molar-refractivity contribution in [2.24, 2.45) is 10.9 Å². The van der Waals surface area contributed by atoms with Crippen LogP contribution in [-0.2, 0) is 14.3 Å². The minimum Gasteiger partial charge on any atom is -0.467 e. The fourth-order valence-electron chi connectivity index (χ4n) is 2.18. The van der Waals surface area contributed by atoms with E-state index in [1.165, 1.54) is 18.4 Å². The number of methoxy groups -OCH3 is 1. The summed E-state index contributed by atoms with van der Waals surface area (Å²) < 4.78 is 7.70. The molecule has 1 atom stereocenters. The van der Waals surface area contributed by atoms with E-state index in [2.05, 4.69) is 4.99 Å². The molecule has 0 aliphatic carbocycles. The van der Waals surface area contributed by atoms with Gasteiger partial charge in [-0.2, -0.15) is 4.99 Å². The monoisotopic (exact) mass is 320 g/mol. The minimum absolute atomic E-state index is 0.183. The third-order valence-electron chi connectivity index (χ3n) is 3.40. The zero-order valence-corrected chi connectivity index (χ0v) is 14.0. The first-order valence-corrected chi connectivity index (χ1v) is 8.07. The number of ether oxygens (including phenoxy) is 1. The summed E-state index contributed by atoms with van der Waals surface area (Å²) in [4.78, 5) is 28.8. The lowest BCUT2D eigenvalue weighted by molar-refractivity contribution is -0.144. The van der Waals surface area contributed by atoms with Crippen LogP contribution in [0.25, 0.3) is 10.2 Å². The molecule has 2 aromatic rings. The fraction of sp³-hybridized carbons (Fsp3) is 0.438. The molecule has 1 amide bonds. The first-order chi connectivity index (χ1) is 10.5. The molecule has 1 aromatic heterocycles. The van der Waals surface area contributed by atoms with Gasteiger partial charge in [0.2, 0.25) is 0 Å². The number of hydrogen-bond acceptors (Lipinski definition) is 4. The lowest BCUT2D eigenvalue weighted by Gasteiger charge is -2.15. The molecule has 6 heteroatoms. The van der Waals surface area contributed by atoms with Gasteiger partial charge < -0.3 is 9.30 Å². The fourth-order valence-corrected chi connectivity index (χ4v) is 3.26. The van der Waals surface area contributed by atoms with Crippen LogP contribution in [0.5, 0.6) is 0 Å². The Morgan fingerprint density at radius 2 is 2.00 bits per heavy atom. The maximum atomic E-state index is 12.1. The van der Waals surface area contributed by atoms with Gasteiger partial charge in [0.15, 0.2) is 4.80 Å². The van der Waals surface area contributed by atoms with E-state index in [0.717, 1.165) is 10.2 Å². The van der Waals surface area contributed by atoms with Crippen molar-refractivity contribution in [2.45, 2.75) is 33.2 Å². The number of para-hydroxylation sites is 1. The zero-order valence-electron chi connectivity index (χ0n) is 13.2. The average molecular weight is 320 g/mol. The second-order valence-electron chi connectivity index (χ2n) is 5.27. The maximum absolute atomic E-state index is 12.1. The van der Waals surface area contributed by atoms with Crippen LogP contribution in [0.4, 0.5) is 0 Å². The maximum Gasteiger partial charge on any atom is 0.328 e. The molecule has 1 aromatic carbocycles. The lowest BCUT2D eigenvalue weighted by Crippen LogP contribution is -2.28. The van der Waals surface area contributed by atoms with Crippen LogP contribution in [0.1, 0.15) is 33.2 Å². The first kappa shape index (κ1) is 16.4. The highest BCUT2D eigenvalue weighted by molar-refractivity contribution is 7.16. The van der Waals surface area contributed by atoms with Gasteiger partial charge in [-0.15, -0.1) is 0 Å². The van der Waals surface area contributed by atoms with E-state index in [0.29, 0.717) is 11.2 Å². The number of carbonyl (C=O) groups is 2. The van der Waals surface area contributed by atoms with Crippen molar-refractivity contribution in [3.05, 3.63) is 29.1 Å². The van der Waals surface area contributed by atoms with Gasteiger partial charge in [-0.1, -0.05) is 44.2 Å². The number of nitrogens with zero attached hydrogens (tertiary/aromatic N) is 2. The zero-order chi connectivity index (χ0) is 16.3. The smallest absolute Gasteiger partial charge is 0.328 e. The number of thiazole rings is 1. The summed E-state index contributed by atoms with van der Waals surface area (Å²) in [5.74, 6) is -0.707. The average Bonchev–Trinajstić information content (AvgIpc) is 2.86. The Kier molecular flexibility index (Phi) is 5.13. The second kappa shape index (κ2) is 6.87. The van der Waals surface area contributed by atoms with Crippen molar-refractivity contribution in [3.8, 4) is 0 Å². The van der Waals surface area contributed by atoms with E-state index < -0.39 is 6.04 Å². The summed E-state index contributed by atoms with van der Waals surface area (Å²) in [6, 6.07) is 7.23. The topological polar surface area (TPSA) is 60.7 Å². The van der Waals surface area contributed by atoms with Gasteiger partial charge in [0, 0.05) is 5.92 Å². The predicted molar refractivity (Wildman–Crippen MR) is 86.6 cm³/mol. The summed E-state index contributed by atoms with van der Waals surface area (Å²) in [5, 5.41) is 0. The highest BCUT2D eigenvalue weighted by Crippen LogP contribution is 2.23. The molecule has 118 valence electrons. The molecule has 0 saturated carbocycles. The summed E-state index contributed by atoms with van der Waals surface area (Å²) >= 11 is 1.41. The van der Waals surface area contributed by atoms with Gasteiger partial charge in [-0.25, -0.2) is 4.79 Å². The molecular weight excluding hydrogens is 300 g/mol. The molecule has 1 heterocycles. The lowest BCUT2D eigenvalue weighted by atomic mass is 10.2. The van der Waals surface area contributed by atoms with Gasteiger partial charge in [0.05, 0.1) is 17.3 Å². The Hall–Kier alpha value is -1.95. The molecule has 0 spiro atoms. The molecule has 0 radical (unpaired) electrons. The Bertz CT molecular complexity index is 758. The third-order valence-corrected chi connectivity index (χ3v) is 4.44. The molecule has 5 nitrogen and oxygen atoms in total. The Morgan fingerprint density at radius 1 is 1.32 bits per heavy atom. The van der Waals surface area contributed by atoms with Gasteiger partial charge in [-0.3, -0.25) is 4.79 Å². The number of hydrogen-bond donors (Lipinski definition) is 0. The molecule has 0 aliphatic rings. The van der Waals surface area contributed by atoms with E-state index in [1.807, 2.05) is 35.8 Å². The number of fused-ring (bicyclic) bond motifs is 1. The molecule has 2 rings (SSSR count). The molecule has 0 saturated heterocycles. The summed E-state index contributed by atoms with van der Waals surface area (Å²) in [6.45, 7) is 5.53. The number of benzene rings is 1. The number of rotatable bonds is 4. The number of aromatic nitrogens is 1. The second-order valence-corrected chi connectivity index (χ2v) is 6.28. The SMILES string of the molecule is CCC(C(=O)OC)n1/c(=N/C(=O)C(C)C)sc2ccccc21. The molecule has 1 unspecified atom stereocenters. The van der Waals surface area contributed by atoms with Crippen LogP contribution >= 0.6 is 11.3 Å². The van der Waals surface area contributed by atoms with Crippen LogP contribution in [0.3, 0.4) is 0 Å². The van der Waals surface area contributed by atoms with Crippen LogP contribution in [0.2, 0.25) is 0 Å². The van der Waals surface area contributed by atoms with Gasteiger partial charge in [0.1, 0.15) is 6.04 Å². The van der Waals surface area contributed by atoms with Crippen molar-refractivity contribution in [1.29, 1.82) is 0 Å². The highest BCUT2D eigenvalue weighted by Gasteiger charge is 2.23. The van der Waals surface area contributed by atoms with Crippen LogP contribution < -0.4 is 4.80 Å². The summed E-state index contributed by atoms with van der Waals surface area (Å²) in [6.07, 6.45) is 0.566. The quantitative estimate of drug-likeness (QED) is 0.814. The Morgan fingerprint density at radius 3 is 2.59 bits per heavy atom. The molecule has 0 aliphatic heterocycles. The van der Waals surface area contributed by atoms with Crippen LogP contribution in [-0.4, -0.2) is 23.6 Å². The molecule has 0 N–H and O–H groups in total. The molecule has 0 bridgehead atoms. The van der Waals surface area contributed by atoms with Gasteiger partial charge >= 0.3 is 5.97 Å². The number of amides is 1. The molecular formula is C16H20N2O3S. The normalized spacial score (nSPS) is 13.6. The highest BCUT2D eigenvalue weighted by atomic mass is 32.1. The van der Waals surface area contributed by atoms with E-state index in [-0.39, 0.29) is 17.8 Å². The van der Waals surface area contributed by atoms with Crippen molar-refractivity contribution < 1.29 is 14.3 Å². The Labute approximate surface area is 133 Å². The van der Waals surface area contributed by atoms with Crippen LogP contribution in [0.15, 0.2) is 29.3 Å². The van der Waals surface area contributed by atoms with Crippen molar-refractivity contribution >= 4 is 33.4 Å². The Balaban J connectivity index is 2.73. The minimum atomic E-state index is -0.486. The van der Waals surface area contributed by atoms with E-state index in [9.17, 15) is 9.59 Å². The number of carbonyl (C=O) groups excluding carboxylic acids is 2. The third kappa shape index (κ3) is 3.11. The van der Waals surface area contributed by atoms with Crippen molar-refractivity contribution in [1.82, 2.24) is 4.57 Å². The molecule has 22 heavy (non-hydrogen) atoms. The standard InChI is InChI=1S/C16H20N2O3S/c1-5-11(15(20)21-4)18-12-8-6-7-9-13(12)22-16(18)17-14(19)10(2)3/h6-11H,5H2,1-4H3/b17-16-. The van der Waals surface area contributed by atoms with Gasteiger partial charge in [0.25, 0.3) is 5.91 Å². The summed E-state index contributed by atoms with van der Waals surface area (Å²) in [7, 11) is 1.37. The van der Waals surface area contributed by atoms with Gasteiger partial charge in [-0.05, 0) is 18.6 Å². The first-order valence-electron chi connectivity index (χ1n) is 7.26. The van der Waals surface area contributed by atoms with E-state index >= 15 is 0 Å². The predicted octanol–water partition coefficient (Wildman–Crippen LogP) is 2.91. The largest absolute Gasteiger partial charge is 0.467 e. The molecule has 0 fully saturated rings. The van der Waals surface area contributed by atoms with E-state index in [4.69, 9.17) is 4.74 Å². The van der Waals surface area contributed by atoms with Crippen molar-refractivity contribution in [2.75, 3.05) is 7.11 Å². The number of esters is 1.